The van der Waals surface area contributed by atoms with Gasteiger partial charge >= 0.3 is 0 Å². The molecule has 3 aromatic carbocycles. The van der Waals surface area contributed by atoms with E-state index in [1.165, 1.54) is 11.0 Å². The number of tetrazole rings is 1. The normalized spacial score (nSPS) is 10.9. The predicted octanol–water partition coefficient (Wildman–Crippen LogP) is 2.86. The number of carbonyl (C=O) groups excluding carboxylic acids is 1. The molecule has 0 saturated heterocycles. The van der Waals surface area contributed by atoms with E-state index in [1.54, 1.807) is 36.4 Å². The number of phenols is 1. The molecule has 0 saturated carbocycles. The number of hydrogen-bond donors (Lipinski definition) is 2. The van der Waals surface area contributed by atoms with Crippen LogP contribution in [0.4, 0.5) is 0 Å². The minimum Gasteiger partial charge on any atom is -0.507 e. The van der Waals surface area contributed by atoms with Gasteiger partial charge in [0.15, 0.2) is 0 Å². The molecule has 0 spiro atoms. The average Bonchev–Trinajstić information content (AvgIpc) is 3.25. The average molecular weight is 398 g/mol. The third kappa shape index (κ3) is 4.56. The Kier molecular flexibility index (Phi) is 5.56. The van der Waals surface area contributed by atoms with Gasteiger partial charge < -0.3 is 5.11 Å². The quantitative estimate of drug-likeness (QED) is 0.384. The van der Waals surface area contributed by atoms with Gasteiger partial charge in [0.2, 0.25) is 5.82 Å². The summed E-state index contributed by atoms with van der Waals surface area (Å²) >= 11 is 0. The Morgan fingerprint density at radius 1 is 1.00 bits per heavy atom. The summed E-state index contributed by atoms with van der Waals surface area (Å²) < 4.78 is 0. The van der Waals surface area contributed by atoms with Crippen LogP contribution in [0.25, 0.3) is 11.4 Å². The third-order valence-corrected chi connectivity index (χ3v) is 4.33. The number of para-hydroxylation sites is 1. The van der Waals surface area contributed by atoms with E-state index < -0.39 is 0 Å². The molecular weight excluding hydrogens is 380 g/mol. The summed E-state index contributed by atoms with van der Waals surface area (Å²) in [6, 6.07) is 23.4. The van der Waals surface area contributed by atoms with Gasteiger partial charge in [-0.05, 0) is 35.0 Å². The van der Waals surface area contributed by atoms with Crippen LogP contribution in [0.2, 0.25) is 0 Å². The van der Waals surface area contributed by atoms with Crippen LogP contribution in [-0.2, 0) is 6.54 Å². The molecule has 148 valence electrons. The molecule has 2 N–H and O–H groups in total. The molecule has 30 heavy (non-hydrogen) atoms. The van der Waals surface area contributed by atoms with E-state index in [4.69, 9.17) is 0 Å². The van der Waals surface area contributed by atoms with Crippen molar-refractivity contribution in [1.82, 2.24) is 25.6 Å². The molecule has 1 heterocycles. The van der Waals surface area contributed by atoms with Gasteiger partial charge in [-0.1, -0.05) is 54.6 Å². The lowest BCUT2D eigenvalue weighted by Crippen LogP contribution is -2.17. The van der Waals surface area contributed by atoms with Crippen molar-refractivity contribution in [1.29, 1.82) is 0 Å². The number of rotatable bonds is 6. The number of carbonyl (C=O) groups is 1. The fourth-order valence-electron chi connectivity index (χ4n) is 2.76. The molecule has 1 aromatic heterocycles. The molecule has 8 heteroatoms. The number of aromatic hydroxyl groups is 1. The molecule has 4 rings (SSSR count). The number of nitrogens with one attached hydrogen (secondary N) is 1. The second-order valence-corrected chi connectivity index (χ2v) is 6.46. The third-order valence-electron chi connectivity index (χ3n) is 4.33. The Morgan fingerprint density at radius 2 is 1.73 bits per heavy atom. The maximum absolute atomic E-state index is 12.2. The van der Waals surface area contributed by atoms with Gasteiger partial charge in [0.1, 0.15) is 5.75 Å². The first-order chi connectivity index (χ1) is 14.7. The molecule has 8 nitrogen and oxygen atoms in total. The van der Waals surface area contributed by atoms with Crippen molar-refractivity contribution < 1.29 is 9.90 Å². The molecule has 0 atom stereocenters. The number of hydrogen-bond acceptors (Lipinski definition) is 6. The summed E-state index contributed by atoms with van der Waals surface area (Å²) in [7, 11) is 0. The van der Waals surface area contributed by atoms with E-state index in [2.05, 4.69) is 25.9 Å². The SMILES string of the molecule is O=C(NN=Cc1ccccc1O)c1ccc(Cn2nnc(-c3ccccc3)n2)cc1. The molecular formula is C22H18N6O2. The van der Waals surface area contributed by atoms with Crippen molar-refractivity contribution in [3.05, 3.63) is 95.6 Å². The number of amides is 1. The molecule has 0 aliphatic rings. The van der Waals surface area contributed by atoms with Crippen LogP contribution in [0.3, 0.4) is 0 Å². The summed E-state index contributed by atoms with van der Waals surface area (Å²) in [4.78, 5) is 13.7. The number of aromatic nitrogens is 4. The standard InChI is InChI=1S/C22H18N6O2/c29-20-9-5-4-8-19(20)14-23-25-22(30)18-12-10-16(11-13-18)15-28-26-21(24-27-28)17-6-2-1-3-7-17/h1-14,29H,15H2,(H,25,30). The summed E-state index contributed by atoms with van der Waals surface area (Å²) in [5.41, 5.74) is 5.26. The number of benzene rings is 3. The molecule has 4 aromatic rings. The minimum atomic E-state index is -0.349. The van der Waals surface area contributed by atoms with E-state index in [-0.39, 0.29) is 11.7 Å². The molecule has 0 fully saturated rings. The van der Waals surface area contributed by atoms with Crippen molar-refractivity contribution in [2.75, 3.05) is 0 Å². The summed E-state index contributed by atoms with van der Waals surface area (Å²) in [5.74, 6) is 0.310. The zero-order chi connectivity index (χ0) is 20.8. The predicted molar refractivity (Wildman–Crippen MR) is 112 cm³/mol. The highest BCUT2D eigenvalue weighted by molar-refractivity contribution is 5.95. The van der Waals surface area contributed by atoms with Gasteiger partial charge in [-0.25, -0.2) is 5.43 Å². The van der Waals surface area contributed by atoms with Crippen LogP contribution in [0, 0.1) is 0 Å². The Morgan fingerprint density at radius 3 is 2.50 bits per heavy atom. The first-order valence-electron chi connectivity index (χ1n) is 9.22. The first kappa shape index (κ1) is 19.0. The Hall–Kier alpha value is -4.33. The molecule has 0 unspecified atom stereocenters. The Bertz CT molecular complexity index is 1170. The van der Waals surface area contributed by atoms with E-state index in [1.807, 2.05) is 42.5 Å². The van der Waals surface area contributed by atoms with Gasteiger partial charge in [0, 0.05) is 16.7 Å². The van der Waals surface area contributed by atoms with E-state index in [9.17, 15) is 9.90 Å². The maximum atomic E-state index is 12.2. The lowest BCUT2D eigenvalue weighted by atomic mass is 10.1. The second-order valence-electron chi connectivity index (χ2n) is 6.46. The summed E-state index contributed by atoms with van der Waals surface area (Å²) in [5, 5.41) is 26.1. The highest BCUT2D eigenvalue weighted by Gasteiger charge is 2.08. The van der Waals surface area contributed by atoms with Gasteiger partial charge in [-0.3, -0.25) is 4.79 Å². The van der Waals surface area contributed by atoms with Crippen LogP contribution in [0.15, 0.2) is 84.0 Å². The molecule has 0 aliphatic carbocycles. The zero-order valence-electron chi connectivity index (χ0n) is 15.9. The van der Waals surface area contributed by atoms with E-state index in [0.29, 0.717) is 23.5 Å². The molecule has 0 radical (unpaired) electrons. The molecule has 1 amide bonds. The van der Waals surface area contributed by atoms with Crippen LogP contribution in [-0.4, -0.2) is 37.4 Å². The lowest BCUT2D eigenvalue weighted by molar-refractivity contribution is 0.0955. The number of phenolic OH excluding ortho intramolecular Hbond substituents is 1. The van der Waals surface area contributed by atoms with Crippen molar-refractivity contribution in [3.63, 3.8) is 0 Å². The summed E-state index contributed by atoms with van der Waals surface area (Å²) in [6.45, 7) is 0.438. The van der Waals surface area contributed by atoms with Crippen LogP contribution < -0.4 is 5.43 Å². The monoisotopic (exact) mass is 398 g/mol. The van der Waals surface area contributed by atoms with Gasteiger partial charge in [-0.2, -0.15) is 9.90 Å². The summed E-state index contributed by atoms with van der Waals surface area (Å²) in [6.07, 6.45) is 1.39. The van der Waals surface area contributed by atoms with Crippen molar-refractivity contribution in [3.8, 4) is 17.1 Å². The molecule has 0 aliphatic heterocycles. The zero-order valence-corrected chi connectivity index (χ0v) is 15.9. The number of hydrazone groups is 1. The largest absolute Gasteiger partial charge is 0.507 e. The topological polar surface area (TPSA) is 105 Å². The fraction of sp³-hybridized carbons (Fsp3) is 0.0455. The van der Waals surface area contributed by atoms with E-state index in [0.717, 1.165) is 11.1 Å². The van der Waals surface area contributed by atoms with Gasteiger partial charge in [0.05, 0.1) is 12.8 Å². The van der Waals surface area contributed by atoms with Gasteiger partial charge in [0.25, 0.3) is 5.91 Å². The second kappa shape index (κ2) is 8.78. The first-order valence-corrected chi connectivity index (χ1v) is 9.22. The lowest BCUT2D eigenvalue weighted by Gasteiger charge is -2.03. The van der Waals surface area contributed by atoms with Crippen LogP contribution in [0.1, 0.15) is 21.5 Å². The molecule has 0 bridgehead atoms. The highest BCUT2D eigenvalue weighted by atomic mass is 16.3. The Balaban J connectivity index is 1.36. The minimum absolute atomic E-state index is 0.0944. The number of nitrogens with zero attached hydrogens (tertiary/aromatic N) is 5. The van der Waals surface area contributed by atoms with Crippen molar-refractivity contribution in [2.24, 2.45) is 5.10 Å². The van der Waals surface area contributed by atoms with E-state index >= 15 is 0 Å². The highest BCUT2D eigenvalue weighted by Crippen LogP contribution is 2.13. The van der Waals surface area contributed by atoms with Crippen LogP contribution >= 0.6 is 0 Å². The van der Waals surface area contributed by atoms with Crippen LogP contribution in [0.5, 0.6) is 5.75 Å². The maximum Gasteiger partial charge on any atom is 0.271 e. The van der Waals surface area contributed by atoms with Gasteiger partial charge in [-0.15, -0.1) is 10.2 Å². The van der Waals surface area contributed by atoms with Crippen molar-refractivity contribution in [2.45, 2.75) is 6.54 Å². The fourth-order valence-corrected chi connectivity index (χ4v) is 2.76. The van der Waals surface area contributed by atoms with Crippen molar-refractivity contribution >= 4 is 12.1 Å². The smallest absolute Gasteiger partial charge is 0.271 e. The Labute approximate surface area is 172 Å².